The Labute approximate surface area is 54.6 Å². The molecule has 0 spiro atoms. The normalized spacial score (nSPS) is 6.17. The van der Waals surface area contributed by atoms with Crippen LogP contribution in [0.4, 0.5) is 0 Å². The largest absolute Gasteiger partial charge is 2.00 e. The molecular weight excluding hydrogens is 94.3 g/mol. The molecule has 0 aromatic heterocycles. The smallest absolute Gasteiger partial charge is 1.00 e. The van der Waals surface area contributed by atoms with Gasteiger partial charge in [-0.15, -0.1) is 0 Å². The summed E-state index contributed by atoms with van der Waals surface area (Å²) in [6.07, 6.45) is 0. The van der Waals surface area contributed by atoms with Gasteiger partial charge >= 0.3 is 29.0 Å². The van der Waals surface area contributed by atoms with Gasteiger partial charge in [0.1, 0.15) is 0 Å². The number of nitrogens with two attached hydrogens (primary N) is 1. The summed E-state index contributed by atoms with van der Waals surface area (Å²) < 4.78 is 0. The van der Waals surface area contributed by atoms with Crippen molar-refractivity contribution >= 4 is 29.0 Å². The molecule has 0 aromatic carbocycles. The van der Waals surface area contributed by atoms with Crippen LogP contribution in [0.3, 0.4) is 0 Å². The quantitative estimate of drug-likeness (QED) is 0.411. The van der Waals surface area contributed by atoms with Crippen molar-refractivity contribution in [3.8, 4) is 0 Å². The summed E-state index contributed by atoms with van der Waals surface area (Å²) in [5.74, 6) is -0.968. The van der Waals surface area contributed by atoms with E-state index in [0.29, 0.717) is 0 Å². The van der Waals surface area contributed by atoms with Crippen LogP contribution in [0.25, 0.3) is 0 Å². The second-order valence-electron chi connectivity index (χ2n) is 0.598. The summed E-state index contributed by atoms with van der Waals surface area (Å²) in [5, 5.41) is 7.60. The van der Waals surface area contributed by atoms with Gasteiger partial charge in [0.05, 0.1) is 6.54 Å². The number of aliphatic carboxylic acids is 1. The van der Waals surface area contributed by atoms with E-state index in [2.05, 4.69) is 5.73 Å². The molecule has 0 radical (unpaired) electrons. The molecule has 0 amide bonds. The van der Waals surface area contributed by atoms with Gasteiger partial charge in [0.25, 0.3) is 0 Å². The minimum atomic E-state index is -0.968. The zero-order valence-corrected chi connectivity index (χ0v) is 4.76. The number of hydrogen-bond donors (Lipinski definition) is 2. The van der Waals surface area contributed by atoms with Crippen molar-refractivity contribution in [2.75, 3.05) is 6.54 Å². The van der Waals surface area contributed by atoms with E-state index in [0.717, 1.165) is 0 Å². The molecule has 0 fully saturated rings. The molecule has 0 heterocycles. The van der Waals surface area contributed by atoms with Gasteiger partial charge in [0, 0.05) is 0 Å². The first-order valence-electron chi connectivity index (χ1n) is 1.19. The number of carbonyl (C=O) groups is 1. The van der Waals surface area contributed by atoms with Crippen LogP contribution in [0.5, 0.6) is 0 Å². The summed E-state index contributed by atoms with van der Waals surface area (Å²) in [4.78, 5) is 9.24. The van der Waals surface area contributed by atoms with Crippen LogP contribution < -0.4 is 5.73 Å². The zero-order valence-electron chi connectivity index (χ0n) is 5.35. The van der Waals surface area contributed by atoms with E-state index in [9.17, 15) is 4.79 Å². The van der Waals surface area contributed by atoms with Gasteiger partial charge in [0.15, 0.2) is 0 Å². The first-order valence-corrected chi connectivity index (χ1v) is 1.19. The maximum absolute atomic E-state index is 9.24. The molecule has 0 aliphatic carbocycles. The van der Waals surface area contributed by atoms with Gasteiger partial charge in [-0.05, 0) is 0 Å². The molecule has 0 aromatic rings. The van der Waals surface area contributed by atoms with E-state index in [4.69, 9.17) is 5.11 Å². The summed E-state index contributed by atoms with van der Waals surface area (Å²) in [5.41, 5.74) is 4.57. The Morgan fingerprint density at radius 3 is 2.17 bits per heavy atom. The molecule has 0 rings (SSSR count). The van der Waals surface area contributed by atoms with Crippen molar-refractivity contribution in [2.24, 2.45) is 5.73 Å². The van der Waals surface area contributed by atoms with E-state index in [1.807, 2.05) is 0 Å². The number of hydrogen-bond acceptors (Lipinski definition) is 2. The standard InChI is InChI=1S/C2H5NO2.Mg.2H/c3-1-2(4)5;;;/h1,3H2,(H,4,5);;;/q;+2;2*-1. The Morgan fingerprint density at radius 2 is 2.17 bits per heavy atom. The maximum Gasteiger partial charge on any atom is 2.00 e. The Kier molecular flexibility index (Phi) is 8.23. The minimum absolute atomic E-state index is 0. The zero-order chi connectivity index (χ0) is 4.28. The van der Waals surface area contributed by atoms with Gasteiger partial charge in [0.2, 0.25) is 0 Å². The molecule has 3 nitrogen and oxygen atoms in total. The predicted molar refractivity (Wildman–Crippen MR) is 24.7 cm³/mol. The molecule has 4 heteroatoms. The van der Waals surface area contributed by atoms with Gasteiger partial charge in [-0.1, -0.05) is 0 Å². The molecule has 34 valence electrons. The van der Waals surface area contributed by atoms with Crippen LogP contribution in [-0.2, 0) is 4.79 Å². The van der Waals surface area contributed by atoms with Crippen LogP contribution in [0.2, 0.25) is 0 Å². The number of rotatable bonds is 1. The molecule has 0 saturated carbocycles. The summed E-state index contributed by atoms with van der Waals surface area (Å²) in [7, 11) is 0. The molecule has 0 aliphatic heterocycles. The minimum Gasteiger partial charge on any atom is -1.00 e. The van der Waals surface area contributed by atoms with Crippen molar-refractivity contribution in [1.29, 1.82) is 0 Å². The van der Waals surface area contributed by atoms with Gasteiger partial charge in [-0.3, -0.25) is 4.79 Å². The van der Waals surface area contributed by atoms with Crippen LogP contribution >= 0.6 is 0 Å². The third kappa shape index (κ3) is 8.89. The predicted octanol–water partition coefficient (Wildman–Crippen LogP) is -1.13. The molecule has 0 bridgehead atoms. The summed E-state index contributed by atoms with van der Waals surface area (Å²) >= 11 is 0. The van der Waals surface area contributed by atoms with Gasteiger partial charge in [-0.25, -0.2) is 0 Å². The Hall–Kier alpha value is 0.196. The van der Waals surface area contributed by atoms with E-state index in [1.165, 1.54) is 0 Å². The van der Waals surface area contributed by atoms with Crippen molar-refractivity contribution in [3.63, 3.8) is 0 Å². The van der Waals surface area contributed by atoms with Crippen molar-refractivity contribution in [1.82, 2.24) is 0 Å². The molecule has 0 atom stereocenters. The van der Waals surface area contributed by atoms with Gasteiger partial charge < -0.3 is 13.7 Å². The fourth-order valence-corrected chi connectivity index (χ4v) is 0. The van der Waals surface area contributed by atoms with E-state index >= 15 is 0 Å². The first-order chi connectivity index (χ1) is 2.27. The van der Waals surface area contributed by atoms with Crippen LogP contribution in [0.15, 0.2) is 0 Å². The second kappa shape index (κ2) is 5.20. The van der Waals surface area contributed by atoms with Crippen LogP contribution in [0.1, 0.15) is 2.85 Å². The fourth-order valence-electron chi connectivity index (χ4n) is 0. The average molecular weight is 101 g/mol. The number of carboxylic acid groups (broad SMARTS) is 1. The van der Waals surface area contributed by atoms with Crippen molar-refractivity contribution in [3.05, 3.63) is 0 Å². The summed E-state index contributed by atoms with van der Waals surface area (Å²) in [6, 6.07) is 0. The first kappa shape index (κ1) is 9.50. The van der Waals surface area contributed by atoms with Crippen molar-refractivity contribution in [2.45, 2.75) is 0 Å². The molecule has 0 aliphatic rings. The van der Waals surface area contributed by atoms with E-state index in [1.54, 1.807) is 0 Å². The fraction of sp³-hybridized carbons (Fsp3) is 0.500. The Bertz CT molecular complexity index is 53.3. The topological polar surface area (TPSA) is 63.3 Å². The molecule has 3 N–H and O–H groups in total. The maximum atomic E-state index is 9.24. The van der Waals surface area contributed by atoms with E-state index < -0.39 is 5.97 Å². The van der Waals surface area contributed by atoms with Gasteiger partial charge in [-0.2, -0.15) is 0 Å². The molecule has 0 unspecified atom stereocenters. The Morgan fingerprint density at radius 1 is 2.00 bits per heavy atom. The monoisotopic (exact) mass is 101 g/mol. The molecule has 0 saturated heterocycles. The van der Waals surface area contributed by atoms with Crippen LogP contribution in [0, 0.1) is 0 Å². The molecule has 6 heavy (non-hydrogen) atoms. The van der Waals surface area contributed by atoms with E-state index in [-0.39, 0.29) is 32.5 Å². The SMILES string of the molecule is NCC(=O)O.[H-].[H-].[Mg+2]. The average Bonchev–Trinajstić information content (AvgIpc) is 1.38. The van der Waals surface area contributed by atoms with Crippen LogP contribution in [-0.4, -0.2) is 40.7 Å². The third-order valence-electron chi connectivity index (χ3n) is 0.175. The summed E-state index contributed by atoms with van der Waals surface area (Å²) in [6.45, 7) is -0.278. The van der Waals surface area contributed by atoms with Crippen molar-refractivity contribution < 1.29 is 12.8 Å². The Balaban J connectivity index is -0.0000000267. The second-order valence-corrected chi connectivity index (χ2v) is 0.598. The number of carboxylic acids is 1. The molecular formula is C2H7MgNO2. The third-order valence-corrected chi connectivity index (χ3v) is 0.175.